The predicted molar refractivity (Wildman–Crippen MR) is 67.4 cm³/mol. The number of phenols is 1. The molecule has 1 N–H and O–H groups in total. The number of phenolic OH excluding ortho intramolecular Hbond substituents is 1. The molecule has 0 aliphatic heterocycles. The number of rotatable bonds is 4. The SMILES string of the molecule is CC(=O)Cc1cnc(Cc2cccc(O)c2)s1. The minimum atomic E-state index is 0.151. The fourth-order valence-electron chi connectivity index (χ4n) is 1.60. The van der Waals surface area contributed by atoms with Crippen molar-refractivity contribution in [3.8, 4) is 5.75 Å². The highest BCUT2D eigenvalue weighted by atomic mass is 32.1. The van der Waals surface area contributed by atoms with Gasteiger partial charge in [0, 0.05) is 23.9 Å². The molecule has 0 amide bonds. The normalized spacial score (nSPS) is 10.4. The Hall–Kier alpha value is -1.68. The molecule has 4 heteroatoms. The molecule has 0 aliphatic rings. The van der Waals surface area contributed by atoms with E-state index in [9.17, 15) is 9.90 Å². The van der Waals surface area contributed by atoms with E-state index in [0.29, 0.717) is 12.8 Å². The van der Waals surface area contributed by atoms with Gasteiger partial charge in [0.1, 0.15) is 11.5 Å². The Kier molecular flexibility index (Phi) is 3.54. The van der Waals surface area contributed by atoms with Gasteiger partial charge in [-0.15, -0.1) is 11.3 Å². The van der Waals surface area contributed by atoms with E-state index in [1.807, 2.05) is 12.1 Å². The van der Waals surface area contributed by atoms with Crippen LogP contribution in [0.4, 0.5) is 0 Å². The van der Waals surface area contributed by atoms with Gasteiger partial charge in [-0.05, 0) is 24.6 Å². The van der Waals surface area contributed by atoms with Gasteiger partial charge in [0.05, 0.1) is 5.01 Å². The van der Waals surface area contributed by atoms with Gasteiger partial charge in [0.25, 0.3) is 0 Å². The van der Waals surface area contributed by atoms with E-state index in [2.05, 4.69) is 4.98 Å². The summed E-state index contributed by atoms with van der Waals surface area (Å²) in [5.41, 5.74) is 1.02. The topological polar surface area (TPSA) is 50.2 Å². The van der Waals surface area contributed by atoms with Crippen molar-refractivity contribution in [2.24, 2.45) is 0 Å². The summed E-state index contributed by atoms with van der Waals surface area (Å²) < 4.78 is 0. The molecule has 0 spiro atoms. The summed E-state index contributed by atoms with van der Waals surface area (Å²) in [6.07, 6.45) is 2.90. The van der Waals surface area contributed by atoms with Crippen molar-refractivity contribution in [3.05, 3.63) is 45.9 Å². The third-order valence-corrected chi connectivity index (χ3v) is 3.29. The molecule has 1 aromatic carbocycles. The highest BCUT2D eigenvalue weighted by Crippen LogP contribution is 2.19. The van der Waals surface area contributed by atoms with Gasteiger partial charge in [0.15, 0.2) is 0 Å². The minimum Gasteiger partial charge on any atom is -0.508 e. The molecular formula is C13H13NO2S. The summed E-state index contributed by atoms with van der Waals surface area (Å²) in [5, 5.41) is 10.3. The summed E-state index contributed by atoms with van der Waals surface area (Å²) >= 11 is 1.55. The Morgan fingerprint density at radius 3 is 3.00 bits per heavy atom. The fourth-order valence-corrected chi connectivity index (χ4v) is 2.63. The number of aromatic hydroxyl groups is 1. The van der Waals surface area contributed by atoms with Crippen molar-refractivity contribution in [2.75, 3.05) is 0 Å². The van der Waals surface area contributed by atoms with Crippen LogP contribution in [0.3, 0.4) is 0 Å². The molecule has 2 aromatic rings. The summed E-state index contributed by atoms with van der Waals surface area (Å²) in [6, 6.07) is 7.14. The molecule has 17 heavy (non-hydrogen) atoms. The first-order valence-electron chi connectivity index (χ1n) is 5.34. The Bertz CT molecular complexity index is 534. The van der Waals surface area contributed by atoms with Crippen LogP contribution in [0.2, 0.25) is 0 Å². The molecule has 2 rings (SSSR count). The first kappa shape index (κ1) is 11.8. The largest absolute Gasteiger partial charge is 0.508 e. The maximum Gasteiger partial charge on any atom is 0.135 e. The van der Waals surface area contributed by atoms with Crippen LogP contribution in [-0.2, 0) is 17.6 Å². The molecule has 0 saturated heterocycles. The number of aromatic nitrogens is 1. The van der Waals surface area contributed by atoms with E-state index in [4.69, 9.17) is 0 Å². The monoisotopic (exact) mass is 247 g/mol. The summed E-state index contributed by atoms with van der Waals surface area (Å²) in [5.74, 6) is 0.417. The Labute approximate surface area is 104 Å². The van der Waals surface area contributed by atoms with E-state index in [-0.39, 0.29) is 11.5 Å². The van der Waals surface area contributed by atoms with Crippen LogP contribution in [0.15, 0.2) is 30.5 Å². The maximum atomic E-state index is 11.0. The Morgan fingerprint density at radius 1 is 1.47 bits per heavy atom. The molecule has 3 nitrogen and oxygen atoms in total. The zero-order chi connectivity index (χ0) is 12.3. The molecule has 0 unspecified atom stereocenters. The average Bonchev–Trinajstić information content (AvgIpc) is 2.64. The van der Waals surface area contributed by atoms with E-state index in [0.717, 1.165) is 15.4 Å². The lowest BCUT2D eigenvalue weighted by Gasteiger charge is -1.98. The number of carbonyl (C=O) groups is 1. The molecule has 0 saturated carbocycles. The molecule has 1 heterocycles. The highest BCUT2D eigenvalue weighted by Gasteiger charge is 2.05. The minimum absolute atomic E-state index is 0.151. The van der Waals surface area contributed by atoms with E-state index >= 15 is 0 Å². The molecule has 0 radical (unpaired) electrons. The van der Waals surface area contributed by atoms with Crippen molar-refractivity contribution in [3.63, 3.8) is 0 Å². The number of Topliss-reactive ketones (excluding diaryl/α,β-unsaturated/α-hetero) is 1. The zero-order valence-electron chi connectivity index (χ0n) is 9.51. The van der Waals surface area contributed by atoms with Crippen molar-refractivity contribution >= 4 is 17.1 Å². The number of hydrogen-bond acceptors (Lipinski definition) is 4. The van der Waals surface area contributed by atoms with Crippen LogP contribution in [0.1, 0.15) is 22.4 Å². The Balaban J connectivity index is 2.08. The predicted octanol–water partition coefficient (Wildman–Crippen LogP) is 2.57. The van der Waals surface area contributed by atoms with Gasteiger partial charge >= 0.3 is 0 Å². The van der Waals surface area contributed by atoms with E-state index in [1.165, 1.54) is 0 Å². The van der Waals surface area contributed by atoms with E-state index in [1.54, 1.807) is 36.6 Å². The van der Waals surface area contributed by atoms with Crippen molar-refractivity contribution in [2.45, 2.75) is 19.8 Å². The van der Waals surface area contributed by atoms with Crippen molar-refractivity contribution < 1.29 is 9.90 Å². The molecule has 0 bridgehead atoms. The van der Waals surface area contributed by atoms with Gasteiger partial charge in [0.2, 0.25) is 0 Å². The second-order valence-corrected chi connectivity index (χ2v) is 5.15. The average molecular weight is 247 g/mol. The molecule has 0 fully saturated rings. The van der Waals surface area contributed by atoms with Crippen LogP contribution in [-0.4, -0.2) is 15.9 Å². The standard InChI is InChI=1S/C13H13NO2S/c1-9(15)5-12-8-14-13(17-12)7-10-3-2-4-11(16)6-10/h2-4,6,8,16H,5,7H2,1H3. The second-order valence-electron chi connectivity index (χ2n) is 3.95. The van der Waals surface area contributed by atoms with E-state index < -0.39 is 0 Å². The lowest BCUT2D eigenvalue weighted by atomic mass is 10.1. The number of hydrogen-bond donors (Lipinski definition) is 1. The Morgan fingerprint density at radius 2 is 2.29 bits per heavy atom. The third kappa shape index (κ3) is 3.39. The maximum absolute atomic E-state index is 11.0. The molecule has 0 aliphatic carbocycles. The van der Waals surface area contributed by atoms with Gasteiger partial charge in [-0.3, -0.25) is 4.79 Å². The van der Waals surface area contributed by atoms with Gasteiger partial charge in [-0.2, -0.15) is 0 Å². The molecular weight excluding hydrogens is 234 g/mol. The zero-order valence-corrected chi connectivity index (χ0v) is 10.3. The van der Waals surface area contributed by atoms with Crippen LogP contribution in [0.25, 0.3) is 0 Å². The number of thiazole rings is 1. The van der Waals surface area contributed by atoms with Gasteiger partial charge in [-0.25, -0.2) is 4.98 Å². The van der Waals surface area contributed by atoms with Gasteiger partial charge < -0.3 is 5.11 Å². The van der Waals surface area contributed by atoms with Gasteiger partial charge in [-0.1, -0.05) is 12.1 Å². The molecule has 1 aromatic heterocycles. The number of nitrogens with zero attached hydrogens (tertiary/aromatic N) is 1. The number of benzene rings is 1. The smallest absolute Gasteiger partial charge is 0.135 e. The summed E-state index contributed by atoms with van der Waals surface area (Å²) in [7, 11) is 0. The number of ketones is 1. The first-order chi connectivity index (χ1) is 8.13. The van der Waals surface area contributed by atoms with Crippen LogP contribution in [0, 0.1) is 0 Å². The van der Waals surface area contributed by atoms with Crippen LogP contribution in [0.5, 0.6) is 5.75 Å². The summed E-state index contributed by atoms with van der Waals surface area (Å²) in [4.78, 5) is 16.2. The molecule has 88 valence electrons. The summed E-state index contributed by atoms with van der Waals surface area (Å²) in [6.45, 7) is 1.58. The fraction of sp³-hybridized carbons (Fsp3) is 0.231. The second kappa shape index (κ2) is 5.10. The molecule has 0 atom stereocenters. The van der Waals surface area contributed by atoms with Crippen LogP contribution >= 0.6 is 11.3 Å². The quantitative estimate of drug-likeness (QED) is 0.903. The number of carbonyl (C=O) groups excluding carboxylic acids is 1. The lowest BCUT2D eigenvalue weighted by Crippen LogP contribution is -1.92. The lowest BCUT2D eigenvalue weighted by molar-refractivity contribution is -0.116. The highest BCUT2D eigenvalue weighted by molar-refractivity contribution is 7.11. The first-order valence-corrected chi connectivity index (χ1v) is 6.16. The van der Waals surface area contributed by atoms with Crippen molar-refractivity contribution in [1.82, 2.24) is 4.98 Å². The van der Waals surface area contributed by atoms with Crippen molar-refractivity contribution in [1.29, 1.82) is 0 Å². The van der Waals surface area contributed by atoms with Crippen LogP contribution < -0.4 is 0 Å². The third-order valence-electron chi connectivity index (χ3n) is 2.29.